The second-order valence-corrected chi connectivity index (χ2v) is 7.79. The summed E-state index contributed by atoms with van der Waals surface area (Å²) in [6, 6.07) is 16.5. The highest BCUT2D eigenvalue weighted by Gasteiger charge is 2.45. The predicted molar refractivity (Wildman–Crippen MR) is 106 cm³/mol. The Morgan fingerprint density at radius 3 is 2.26 bits per heavy atom. The van der Waals surface area contributed by atoms with Gasteiger partial charge in [-0.2, -0.15) is 0 Å². The van der Waals surface area contributed by atoms with E-state index in [1.54, 1.807) is 4.90 Å². The Balaban J connectivity index is 1.57. The summed E-state index contributed by atoms with van der Waals surface area (Å²) in [5.41, 5.74) is 5.05. The molecule has 1 heterocycles. The first-order valence-electron chi connectivity index (χ1n) is 9.34. The van der Waals surface area contributed by atoms with Gasteiger partial charge in [0.1, 0.15) is 12.3 Å². The van der Waals surface area contributed by atoms with E-state index in [2.05, 4.69) is 30.8 Å². The maximum atomic E-state index is 12.9. The van der Waals surface area contributed by atoms with E-state index in [-0.39, 0.29) is 18.1 Å². The van der Waals surface area contributed by atoms with Gasteiger partial charge in [0.2, 0.25) is 0 Å². The minimum absolute atomic E-state index is 0.0521. The van der Waals surface area contributed by atoms with Crippen LogP contribution in [0, 0.1) is 0 Å². The molecule has 2 aromatic rings. The lowest BCUT2D eigenvalue weighted by molar-refractivity contribution is -0.0473. The van der Waals surface area contributed by atoms with Crippen LogP contribution in [0.4, 0.5) is 4.79 Å². The largest absolute Gasteiger partial charge is 0.448 e. The second-order valence-electron chi connectivity index (χ2n) is 7.79. The zero-order valence-electron chi connectivity index (χ0n) is 16.1. The molecule has 2 aliphatic rings. The van der Waals surface area contributed by atoms with Gasteiger partial charge >= 0.3 is 6.09 Å². The van der Waals surface area contributed by atoms with Crippen molar-refractivity contribution in [3.05, 3.63) is 71.8 Å². The molecule has 140 valence electrons. The van der Waals surface area contributed by atoms with E-state index in [1.165, 1.54) is 22.3 Å². The summed E-state index contributed by atoms with van der Waals surface area (Å²) in [6.45, 7) is 10.5. The average molecular weight is 363 g/mol. The van der Waals surface area contributed by atoms with E-state index in [0.717, 1.165) is 5.57 Å². The first-order valence-corrected chi connectivity index (χ1v) is 9.34. The molecule has 1 aliphatic carbocycles. The van der Waals surface area contributed by atoms with Gasteiger partial charge in [-0.25, -0.2) is 4.79 Å². The lowest BCUT2D eigenvalue weighted by atomic mass is 9.98. The smallest absolute Gasteiger partial charge is 0.412 e. The summed E-state index contributed by atoms with van der Waals surface area (Å²) in [5, 5.41) is 0. The number of nitrogens with zero attached hydrogens (tertiary/aromatic N) is 1. The van der Waals surface area contributed by atoms with Crippen molar-refractivity contribution in [3.63, 3.8) is 0 Å². The van der Waals surface area contributed by atoms with E-state index in [9.17, 15) is 4.79 Å². The molecular weight excluding hydrogens is 338 g/mol. The molecule has 1 amide bonds. The highest BCUT2D eigenvalue weighted by atomic mass is 16.6. The minimum Gasteiger partial charge on any atom is -0.448 e. The molecule has 0 aromatic heterocycles. The van der Waals surface area contributed by atoms with E-state index in [1.807, 2.05) is 45.0 Å². The third kappa shape index (κ3) is 2.94. The van der Waals surface area contributed by atoms with Crippen LogP contribution in [-0.2, 0) is 9.47 Å². The van der Waals surface area contributed by atoms with E-state index < -0.39 is 5.72 Å². The molecule has 1 atom stereocenters. The van der Waals surface area contributed by atoms with Crippen LogP contribution in [0.3, 0.4) is 0 Å². The zero-order chi connectivity index (χ0) is 19.2. The van der Waals surface area contributed by atoms with Gasteiger partial charge < -0.3 is 9.47 Å². The number of fused-ring (bicyclic) bond motifs is 3. The Hall–Kier alpha value is -2.59. The van der Waals surface area contributed by atoms with Crippen molar-refractivity contribution >= 4 is 6.09 Å². The number of carbonyl (C=O) groups excluding carboxylic acids is 1. The molecule has 1 fully saturated rings. The summed E-state index contributed by atoms with van der Waals surface area (Å²) in [4.78, 5) is 14.6. The van der Waals surface area contributed by atoms with Gasteiger partial charge in [0, 0.05) is 5.92 Å². The quantitative estimate of drug-likeness (QED) is 0.725. The van der Waals surface area contributed by atoms with Gasteiger partial charge in [0.05, 0.1) is 12.6 Å². The molecule has 0 saturated carbocycles. The van der Waals surface area contributed by atoms with Crippen LogP contribution in [0.25, 0.3) is 11.1 Å². The van der Waals surface area contributed by atoms with E-state index >= 15 is 0 Å². The molecule has 4 nitrogen and oxygen atoms in total. The molecule has 1 saturated heterocycles. The van der Waals surface area contributed by atoms with Gasteiger partial charge in [-0.15, -0.1) is 0 Å². The molecule has 0 spiro atoms. The van der Waals surface area contributed by atoms with Crippen LogP contribution in [0.5, 0.6) is 0 Å². The number of benzene rings is 2. The summed E-state index contributed by atoms with van der Waals surface area (Å²) >= 11 is 0. The number of hydrogen-bond donors (Lipinski definition) is 0. The molecule has 2 aromatic carbocycles. The second kappa shape index (κ2) is 6.54. The molecule has 0 N–H and O–H groups in total. The van der Waals surface area contributed by atoms with E-state index in [4.69, 9.17) is 9.47 Å². The lowest BCUT2D eigenvalue weighted by Crippen LogP contribution is -2.48. The normalized spacial score (nSPS) is 20.3. The highest BCUT2D eigenvalue weighted by molar-refractivity contribution is 5.79. The molecule has 1 aliphatic heterocycles. The summed E-state index contributed by atoms with van der Waals surface area (Å²) in [6.07, 6.45) is -0.354. The first-order chi connectivity index (χ1) is 12.9. The van der Waals surface area contributed by atoms with Gasteiger partial charge in [-0.1, -0.05) is 60.7 Å². The molecule has 0 bridgehead atoms. The average Bonchev–Trinajstić information content (AvgIpc) is 3.14. The fraction of sp³-hybridized carbons (Fsp3) is 0.348. The van der Waals surface area contributed by atoms with Crippen molar-refractivity contribution in [2.45, 2.75) is 38.5 Å². The fourth-order valence-electron chi connectivity index (χ4n) is 4.18. The zero-order valence-corrected chi connectivity index (χ0v) is 16.1. The van der Waals surface area contributed by atoms with Crippen LogP contribution >= 0.6 is 0 Å². The topological polar surface area (TPSA) is 38.8 Å². The Kier molecular flexibility index (Phi) is 4.31. The first kappa shape index (κ1) is 17.8. The van der Waals surface area contributed by atoms with Crippen molar-refractivity contribution in [3.8, 4) is 11.1 Å². The molecule has 4 heteroatoms. The number of amides is 1. The maximum absolute atomic E-state index is 12.9. The fourth-order valence-corrected chi connectivity index (χ4v) is 4.18. The number of rotatable bonds is 3. The minimum atomic E-state index is -0.702. The lowest BCUT2D eigenvalue weighted by Gasteiger charge is -2.33. The van der Waals surface area contributed by atoms with Gasteiger partial charge in [0.15, 0.2) is 0 Å². The number of carbonyl (C=O) groups is 1. The number of hydrogen-bond acceptors (Lipinski definition) is 3. The Morgan fingerprint density at radius 2 is 1.70 bits per heavy atom. The Morgan fingerprint density at radius 1 is 1.15 bits per heavy atom. The summed E-state index contributed by atoms with van der Waals surface area (Å²) in [7, 11) is 0. The predicted octanol–water partition coefficient (Wildman–Crippen LogP) is 4.95. The van der Waals surface area contributed by atoms with Gasteiger partial charge in [-0.05, 0) is 43.0 Å². The molecule has 0 radical (unpaired) electrons. The monoisotopic (exact) mass is 363 g/mol. The van der Waals surface area contributed by atoms with Crippen LogP contribution in [0.1, 0.15) is 37.8 Å². The van der Waals surface area contributed by atoms with Crippen LogP contribution < -0.4 is 0 Å². The molecule has 1 unspecified atom stereocenters. The summed E-state index contributed by atoms with van der Waals surface area (Å²) in [5.74, 6) is 0.0521. The number of ether oxygens (including phenoxy) is 2. The standard InChI is InChI=1S/C23H25NO3/c1-15(2)21-14-27-23(3,4)24(21)22(25)26-13-20-18-11-7-5-9-16(18)17-10-6-8-12-19(17)20/h5-12,20-21H,1,13-14H2,2-4H3. The molecular formula is C23H25NO3. The van der Waals surface area contributed by atoms with Crippen molar-refractivity contribution in [2.75, 3.05) is 13.2 Å². The third-order valence-corrected chi connectivity index (χ3v) is 5.59. The van der Waals surface area contributed by atoms with Gasteiger partial charge in [0.25, 0.3) is 0 Å². The molecule has 27 heavy (non-hydrogen) atoms. The SMILES string of the molecule is C=C(C)C1COC(C)(C)N1C(=O)OCC1c2ccccc2-c2ccccc21. The highest BCUT2D eigenvalue weighted by Crippen LogP contribution is 2.44. The van der Waals surface area contributed by atoms with Gasteiger partial charge in [-0.3, -0.25) is 4.90 Å². The van der Waals surface area contributed by atoms with E-state index in [0.29, 0.717) is 13.2 Å². The Bertz CT molecular complexity index is 857. The summed E-state index contributed by atoms with van der Waals surface area (Å²) < 4.78 is 11.6. The Labute approximate surface area is 160 Å². The van der Waals surface area contributed by atoms with Crippen LogP contribution in [-0.4, -0.2) is 36.0 Å². The van der Waals surface area contributed by atoms with Crippen LogP contribution in [0.2, 0.25) is 0 Å². The van der Waals surface area contributed by atoms with Crippen molar-refractivity contribution in [2.24, 2.45) is 0 Å². The molecule has 4 rings (SSSR count). The van der Waals surface area contributed by atoms with Crippen molar-refractivity contribution < 1.29 is 14.3 Å². The maximum Gasteiger partial charge on any atom is 0.412 e. The third-order valence-electron chi connectivity index (χ3n) is 5.59. The van der Waals surface area contributed by atoms with Crippen LogP contribution in [0.15, 0.2) is 60.7 Å². The van der Waals surface area contributed by atoms with Crippen molar-refractivity contribution in [1.82, 2.24) is 4.90 Å². The van der Waals surface area contributed by atoms with Crippen molar-refractivity contribution in [1.29, 1.82) is 0 Å².